The largest absolute Gasteiger partial charge is 0.420 e. The Labute approximate surface area is 221 Å². The molecule has 4 aromatic heterocycles. The number of halogens is 1. The van der Waals surface area contributed by atoms with Crippen LogP contribution in [0.3, 0.4) is 0 Å². The molecule has 0 saturated carbocycles. The highest BCUT2D eigenvalue weighted by Gasteiger charge is 2.32. The monoisotopic (exact) mass is 530 g/mol. The molecule has 1 fully saturated rings. The molecule has 14 heteroatoms. The Balaban J connectivity index is 1.20. The van der Waals surface area contributed by atoms with E-state index in [9.17, 15) is 14.0 Å². The fraction of sp³-hybridized carbons (Fsp3) is 0.240. The predicted octanol–water partition coefficient (Wildman–Crippen LogP) is 0.880. The first-order valence-corrected chi connectivity index (χ1v) is 12.3. The van der Waals surface area contributed by atoms with Gasteiger partial charge in [-0.1, -0.05) is 23.4 Å². The van der Waals surface area contributed by atoms with Crippen LogP contribution >= 0.6 is 0 Å². The molecule has 5 aromatic rings. The molecule has 0 unspecified atom stereocenters. The summed E-state index contributed by atoms with van der Waals surface area (Å²) in [5, 5.41) is 10.9. The number of nitrogens with one attached hydrogen (secondary N) is 2. The van der Waals surface area contributed by atoms with Crippen LogP contribution in [0.25, 0.3) is 22.4 Å². The van der Waals surface area contributed by atoms with Crippen molar-refractivity contribution in [2.24, 2.45) is 0 Å². The number of para-hydroxylation sites is 1. The van der Waals surface area contributed by atoms with Crippen molar-refractivity contribution in [2.45, 2.75) is 0 Å². The summed E-state index contributed by atoms with van der Waals surface area (Å²) in [6.45, 7) is 1.56. The van der Waals surface area contributed by atoms with Gasteiger partial charge in [0, 0.05) is 32.4 Å². The number of carbonyl (C=O) groups is 2. The smallest absolute Gasteiger partial charge is 0.357 e. The van der Waals surface area contributed by atoms with E-state index in [-0.39, 0.29) is 22.3 Å². The summed E-state index contributed by atoms with van der Waals surface area (Å²) in [7, 11) is 3.83. The number of pyridine rings is 1. The molecule has 2 N–H and O–H groups in total. The number of nitrogens with zero attached hydrogens (tertiary/aromatic N) is 9. The summed E-state index contributed by atoms with van der Waals surface area (Å²) in [5.41, 5.74) is 1.14. The second-order valence-electron chi connectivity index (χ2n) is 9.25. The van der Waals surface area contributed by atoms with Gasteiger partial charge in [0.05, 0.1) is 49.2 Å². The van der Waals surface area contributed by atoms with Gasteiger partial charge in [0.2, 0.25) is 0 Å². The van der Waals surface area contributed by atoms with Gasteiger partial charge in [-0.05, 0) is 17.1 Å². The van der Waals surface area contributed by atoms with Crippen molar-refractivity contribution in [3.05, 3.63) is 66.5 Å². The van der Waals surface area contributed by atoms with E-state index >= 15 is 0 Å². The molecule has 1 amide bonds. The maximum absolute atomic E-state index is 14.8. The first-order chi connectivity index (χ1) is 18.9. The minimum absolute atomic E-state index is 0.00949. The van der Waals surface area contributed by atoms with Crippen molar-refractivity contribution in [1.82, 2.24) is 39.9 Å². The molecule has 6 rings (SSSR count). The van der Waals surface area contributed by atoms with E-state index in [1.165, 1.54) is 22.0 Å². The number of ketones is 1. The third kappa shape index (κ3) is 4.24. The first kappa shape index (κ1) is 24.2. The lowest BCUT2D eigenvalue weighted by Crippen LogP contribution is -2.51. The summed E-state index contributed by atoms with van der Waals surface area (Å²) in [6.07, 6.45) is 5.34. The average molecular weight is 531 g/mol. The number of anilines is 2. The summed E-state index contributed by atoms with van der Waals surface area (Å²) in [4.78, 5) is 43.5. The van der Waals surface area contributed by atoms with E-state index in [0.717, 1.165) is 17.8 Å². The number of rotatable bonds is 6. The van der Waals surface area contributed by atoms with Crippen molar-refractivity contribution in [3.8, 4) is 11.5 Å². The first-order valence-electron chi connectivity index (χ1n) is 12.3. The number of aromatic amines is 2. The molecule has 1 aromatic carbocycles. The second kappa shape index (κ2) is 9.63. The van der Waals surface area contributed by atoms with Crippen molar-refractivity contribution in [3.63, 3.8) is 0 Å². The third-order valence-corrected chi connectivity index (χ3v) is 6.62. The molecule has 13 nitrogen and oxygen atoms in total. The van der Waals surface area contributed by atoms with Crippen molar-refractivity contribution in [2.75, 3.05) is 50.1 Å². The summed E-state index contributed by atoms with van der Waals surface area (Å²) < 4.78 is 18.0. The number of carbonyl (C=O) groups excluding carboxylic acids is 2. The second-order valence-corrected chi connectivity index (χ2v) is 9.25. The van der Waals surface area contributed by atoms with Gasteiger partial charge in [-0.2, -0.15) is 5.10 Å². The van der Waals surface area contributed by atoms with Crippen LogP contribution in [0.1, 0.15) is 10.4 Å². The van der Waals surface area contributed by atoms with E-state index in [1.807, 2.05) is 58.9 Å². The van der Waals surface area contributed by atoms with Crippen LogP contribution in [0.5, 0.6) is 0 Å². The molecule has 1 aliphatic rings. The Kier molecular flexibility index (Phi) is 5.98. The van der Waals surface area contributed by atoms with Crippen molar-refractivity contribution < 1.29 is 18.7 Å². The van der Waals surface area contributed by atoms with Crippen LogP contribution in [-0.4, -0.2) is 91.9 Å². The van der Waals surface area contributed by atoms with Gasteiger partial charge < -0.3 is 14.8 Å². The van der Waals surface area contributed by atoms with Crippen LogP contribution in [0, 0.1) is 5.82 Å². The zero-order valence-corrected chi connectivity index (χ0v) is 21.2. The average Bonchev–Trinajstić information content (AvgIpc) is 3.73. The minimum atomic E-state index is -0.792. The lowest BCUT2D eigenvalue weighted by Gasteiger charge is -2.33. The van der Waals surface area contributed by atoms with E-state index < -0.39 is 17.5 Å². The molecule has 39 heavy (non-hydrogen) atoms. The number of amides is 1. The fourth-order valence-corrected chi connectivity index (χ4v) is 4.67. The molecule has 0 bridgehead atoms. The van der Waals surface area contributed by atoms with Crippen LogP contribution in [0.2, 0.25) is 0 Å². The van der Waals surface area contributed by atoms with Crippen molar-refractivity contribution in [1.29, 1.82) is 0 Å². The SMILES string of the molecule is CN(C)c1nc(N2CCN(C(=O)C(=O)c3c[nH]c4c(-n5ccnn5)ncc(F)c34)CC2)[nH][n+]1-c1ccccc1. The molecule has 0 radical (unpaired) electrons. The Morgan fingerprint density at radius 2 is 1.87 bits per heavy atom. The zero-order chi connectivity index (χ0) is 27.1. The molecule has 0 aliphatic carbocycles. The highest BCUT2D eigenvalue weighted by Crippen LogP contribution is 2.26. The number of hydrogen-bond donors (Lipinski definition) is 2. The van der Waals surface area contributed by atoms with Crippen LogP contribution < -0.4 is 14.5 Å². The molecular formula is C25H25FN11O2+. The molecule has 0 atom stereocenters. The maximum Gasteiger partial charge on any atom is 0.420 e. The molecule has 5 heterocycles. The van der Waals surface area contributed by atoms with E-state index in [2.05, 4.69) is 25.4 Å². The number of benzene rings is 1. The molecule has 198 valence electrons. The van der Waals surface area contributed by atoms with Gasteiger partial charge in [-0.25, -0.2) is 14.1 Å². The van der Waals surface area contributed by atoms with Gasteiger partial charge in [0.15, 0.2) is 11.6 Å². The van der Waals surface area contributed by atoms with Gasteiger partial charge in [-0.3, -0.25) is 14.5 Å². The van der Waals surface area contributed by atoms with E-state index in [4.69, 9.17) is 4.98 Å². The van der Waals surface area contributed by atoms with Crippen LogP contribution in [0.15, 0.2) is 55.1 Å². The number of hydrogen-bond acceptors (Lipinski definition) is 8. The molecule has 0 spiro atoms. The Hall–Kier alpha value is -5.14. The predicted molar refractivity (Wildman–Crippen MR) is 139 cm³/mol. The number of fused-ring (bicyclic) bond motifs is 1. The standard InChI is InChI=1S/C25H24FN11O2/c1-33(2)25-30-24(31-37(25)16-6-4-3-5-7-16)35-12-10-34(11-13-35)23(39)21(38)17-14-27-20-19(17)18(26)15-28-22(20)36-9-8-29-32-36/h3-9,14-15H,10-13H2,1-2H3,(H,27,28,38)/p+1. The topological polar surface area (TPSA) is 136 Å². The fourth-order valence-electron chi connectivity index (χ4n) is 4.67. The minimum Gasteiger partial charge on any atom is -0.357 e. The zero-order valence-electron chi connectivity index (χ0n) is 21.2. The van der Waals surface area contributed by atoms with Gasteiger partial charge in [0.1, 0.15) is 5.69 Å². The summed E-state index contributed by atoms with van der Waals surface area (Å²) in [6, 6.07) is 9.82. The lowest BCUT2D eigenvalue weighted by atomic mass is 10.1. The lowest BCUT2D eigenvalue weighted by molar-refractivity contribution is -0.643. The van der Waals surface area contributed by atoms with Gasteiger partial charge in [-0.15, -0.1) is 9.78 Å². The molecule has 1 aliphatic heterocycles. The third-order valence-electron chi connectivity index (χ3n) is 6.62. The molecule has 1 saturated heterocycles. The van der Waals surface area contributed by atoms with Crippen molar-refractivity contribution >= 4 is 34.5 Å². The van der Waals surface area contributed by atoms with Gasteiger partial charge >= 0.3 is 11.9 Å². The van der Waals surface area contributed by atoms with E-state index in [1.54, 1.807) is 6.20 Å². The highest BCUT2D eigenvalue weighted by atomic mass is 19.1. The number of aromatic nitrogens is 8. The normalized spacial score (nSPS) is 13.7. The van der Waals surface area contributed by atoms with E-state index in [0.29, 0.717) is 32.1 Å². The van der Waals surface area contributed by atoms with Gasteiger partial charge in [0.25, 0.3) is 11.7 Å². The quantitative estimate of drug-likeness (QED) is 0.188. The molecular weight excluding hydrogens is 505 g/mol. The highest BCUT2D eigenvalue weighted by molar-refractivity contribution is 6.45. The number of piperazine rings is 1. The Morgan fingerprint density at radius 1 is 1.10 bits per heavy atom. The summed E-state index contributed by atoms with van der Waals surface area (Å²) >= 11 is 0. The summed E-state index contributed by atoms with van der Waals surface area (Å²) in [5.74, 6) is -0.538. The number of Topliss-reactive ketones (excluding diaryl/α,β-unsaturated/α-hetero) is 1. The Morgan fingerprint density at radius 3 is 2.56 bits per heavy atom. The number of H-pyrrole nitrogens is 2. The Bertz CT molecular complexity index is 1650. The van der Waals surface area contributed by atoms with Crippen LogP contribution in [-0.2, 0) is 4.79 Å². The maximum atomic E-state index is 14.8. The van der Waals surface area contributed by atoms with Crippen LogP contribution in [0.4, 0.5) is 16.3 Å².